The maximum Gasteiger partial charge on any atom is 0.422 e. The molecular weight excluding hydrogens is 349 g/mol. The van der Waals surface area contributed by atoms with Crippen LogP contribution in [0.25, 0.3) is 10.8 Å². The summed E-state index contributed by atoms with van der Waals surface area (Å²) in [5.41, 5.74) is 0.352. The predicted molar refractivity (Wildman–Crippen MR) is 90.5 cm³/mol. The number of pyridine rings is 1. The largest absolute Gasteiger partial charge is 0.484 e. The fraction of sp³-hybridized carbons (Fsp3) is 0.111. The molecule has 0 spiro atoms. The van der Waals surface area contributed by atoms with Crippen LogP contribution in [0.15, 0.2) is 59.5 Å². The molecule has 134 valence electrons. The van der Waals surface area contributed by atoms with Crippen molar-refractivity contribution < 1.29 is 22.7 Å². The minimum Gasteiger partial charge on any atom is -0.484 e. The van der Waals surface area contributed by atoms with Crippen LogP contribution in [0.5, 0.6) is 5.75 Å². The summed E-state index contributed by atoms with van der Waals surface area (Å²) in [6.07, 6.45) is -3.10. The van der Waals surface area contributed by atoms with Gasteiger partial charge in [-0.15, -0.1) is 0 Å². The number of aromatic nitrogens is 1. The van der Waals surface area contributed by atoms with E-state index in [0.717, 1.165) is 0 Å². The predicted octanol–water partition coefficient (Wildman–Crippen LogP) is 3.72. The summed E-state index contributed by atoms with van der Waals surface area (Å²) in [6, 6.07) is 12.2. The fourth-order valence-electron chi connectivity index (χ4n) is 2.40. The second-order valence-corrected chi connectivity index (χ2v) is 5.46. The number of carbonyl (C=O) groups is 1. The van der Waals surface area contributed by atoms with Crippen molar-refractivity contribution in [3.63, 3.8) is 0 Å². The highest BCUT2D eigenvalue weighted by atomic mass is 19.4. The Morgan fingerprint density at radius 1 is 1.04 bits per heavy atom. The van der Waals surface area contributed by atoms with Gasteiger partial charge in [0.1, 0.15) is 5.75 Å². The Balaban J connectivity index is 1.77. The number of rotatable bonds is 4. The Morgan fingerprint density at radius 3 is 2.35 bits per heavy atom. The van der Waals surface area contributed by atoms with E-state index in [1.54, 1.807) is 24.3 Å². The molecule has 5 nitrogen and oxygen atoms in total. The highest BCUT2D eigenvalue weighted by Crippen LogP contribution is 2.21. The Hall–Kier alpha value is -3.29. The van der Waals surface area contributed by atoms with Gasteiger partial charge >= 0.3 is 6.18 Å². The number of carbonyl (C=O) groups excluding carboxylic acids is 1. The molecule has 3 aromatic rings. The second-order valence-electron chi connectivity index (χ2n) is 5.46. The average molecular weight is 362 g/mol. The van der Waals surface area contributed by atoms with E-state index in [0.29, 0.717) is 16.5 Å². The van der Waals surface area contributed by atoms with Crippen LogP contribution in [-0.4, -0.2) is 23.7 Å². The van der Waals surface area contributed by atoms with Gasteiger partial charge in [-0.05, 0) is 30.3 Å². The Kier molecular flexibility index (Phi) is 4.66. The van der Waals surface area contributed by atoms with E-state index in [-0.39, 0.29) is 16.9 Å². The topological polar surface area (TPSA) is 71.2 Å². The van der Waals surface area contributed by atoms with Crippen LogP contribution >= 0.6 is 0 Å². The smallest absolute Gasteiger partial charge is 0.422 e. The molecular formula is C18H13F3N2O3. The van der Waals surface area contributed by atoms with Gasteiger partial charge in [-0.25, -0.2) is 0 Å². The number of fused-ring (bicyclic) bond motifs is 1. The molecule has 2 aromatic carbocycles. The molecule has 0 aliphatic carbocycles. The Morgan fingerprint density at radius 2 is 1.69 bits per heavy atom. The van der Waals surface area contributed by atoms with Crippen LogP contribution in [0.4, 0.5) is 18.9 Å². The second kappa shape index (κ2) is 6.91. The number of nitrogens with one attached hydrogen (secondary N) is 2. The molecule has 0 aliphatic heterocycles. The number of H-pyrrole nitrogens is 1. The summed E-state index contributed by atoms with van der Waals surface area (Å²) in [4.78, 5) is 26.8. The van der Waals surface area contributed by atoms with E-state index >= 15 is 0 Å². The lowest BCUT2D eigenvalue weighted by molar-refractivity contribution is -0.153. The number of alkyl halides is 3. The normalized spacial score (nSPS) is 11.3. The van der Waals surface area contributed by atoms with Crippen LogP contribution in [-0.2, 0) is 0 Å². The lowest BCUT2D eigenvalue weighted by Gasteiger charge is -2.10. The number of hydrogen-bond acceptors (Lipinski definition) is 3. The average Bonchev–Trinajstić information content (AvgIpc) is 2.61. The molecule has 1 aromatic heterocycles. The van der Waals surface area contributed by atoms with Gasteiger partial charge in [-0.1, -0.05) is 18.2 Å². The number of benzene rings is 2. The zero-order chi connectivity index (χ0) is 18.7. The molecule has 2 N–H and O–H groups in total. The first-order valence-electron chi connectivity index (χ1n) is 7.55. The maximum atomic E-state index is 12.5. The van der Waals surface area contributed by atoms with Crippen LogP contribution in [0.3, 0.4) is 0 Å². The molecule has 3 rings (SSSR count). The van der Waals surface area contributed by atoms with Crippen molar-refractivity contribution in [3.8, 4) is 5.75 Å². The summed E-state index contributed by atoms with van der Waals surface area (Å²) in [5, 5.41) is 3.51. The third-order valence-corrected chi connectivity index (χ3v) is 3.57. The van der Waals surface area contributed by atoms with Crippen LogP contribution < -0.4 is 15.6 Å². The first kappa shape index (κ1) is 17.5. The molecule has 0 bridgehead atoms. The minimum atomic E-state index is -4.42. The third-order valence-electron chi connectivity index (χ3n) is 3.57. The summed E-state index contributed by atoms with van der Waals surface area (Å²) < 4.78 is 41.0. The van der Waals surface area contributed by atoms with E-state index in [1.165, 1.54) is 30.5 Å². The highest BCUT2D eigenvalue weighted by molar-refractivity contribution is 6.12. The minimum absolute atomic E-state index is 0.0369. The molecule has 26 heavy (non-hydrogen) atoms. The highest BCUT2D eigenvalue weighted by Gasteiger charge is 2.28. The van der Waals surface area contributed by atoms with Gasteiger partial charge in [0.15, 0.2) is 6.61 Å². The summed E-state index contributed by atoms with van der Waals surface area (Å²) >= 11 is 0. The molecule has 0 unspecified atom stereocenters. The van der Waals surface area contributed by atoms with Gasteiger partial charge in [-0.3, -0.25) is 9.59 Å². The van der Waals surface area contributed by atoms with Gasteiger partial charge in [0.25, 0.3) is 11.5 Å². The zero-order valence-corrected chi connectivity index (χ0v) is 13.3. The van der Waals surface area contributed by atoms with Gasteiger partial charge in [0.2, 0.25) is 0 Å². The SMILES string of the molecule is O=C(Nc1ccc(OCC(F)(F)F)cc1)c1c[nH]c(=O)c2ccccc12. The van der Waals surface area contributed by atoms with E-state index in [4.69, 9.17) is 0 Å². The molecule has 0 saturated carbocycles. The lowest BCUT2D eigenvalue weighted by Crippen LogP contribution is -2.19. The van der Waals surface area contributed by atoms with Crippen molar-refractivity contribution in [2.75, 3.05) is 11.9 Å². The molecule has 1 amide bonds. The van der Waals surface area contributed by atoms with E-state index in [9.17, 15) is 22.8 Å². The monoisotopic (exact) mass is 362 g/mol. The standard InChI is InChI=1S/C18H13F3N2O3/c19-18(20,21)10-26-12-7-5-11(6-8-12)23-17(25)15-9-22-16(24)14-4-2-1-3-13(14)15/h1-9H,10H2,(H,22,24)(H,23,25). The first-order chi connectivity index (χ1) is 12.3. The van der Waals surface area contributed by atoms with Crippen LogP contribution in [0.2, 0.25) is 0 Å². The molecule has 0 radical (unpaired) electrons. The first-order valence-corrected chi connectivity index (χ1v) is 7.55. The van der Waals surface area contributed by atoms with Crippen molar-refractivity contribution in [2.45, 2.75) is 6.18 Å². The van der Waals surface area contributed by atoms with Crippen molar-refractivity contribution in [1.29, 1.82) is 0 Å². The van der Waals surface area contributed by atoms with E-state index < -0.39 is 18.7 Å². The van der Waals surface area contributed by atoms with Crippen molar-refractivity contribution in [3.05, 3.63) is 70.6 Å². The number of amides is 1. The Labute approximate surface area is 145 Å². The van der Waals surface area contributed by atoms with Gasteiger partial charge in [-0.2, -0.15) is 13.2 Å². The number of halogens is 3. The van der Waals surface area contributed by atoms with E-state index in [2.05, 4.69) is 15.0 Å². The number of hydrogen-bond donors (Lipinski definition) is 2. The molecule has 0 fully saturated rings. The Bertz CT molecular complexity index is 995. The maximum absolute atomic E-state index is 12.5. The zero-order valence-electron chi connectivity index (χ0n) is 13.3. The lowest BCUT2D eigenvalue weighted by atomic mass is 10.1. The number of ether oxygens (including phenoxy) is 1. The summed E-state index contributed by atoms with van der Waals surface area (Å²) in [6.45, 7) is -1.39. The van der Waals surface area contributed by atoms with Gasteiger partial charge in [0, 0.05) is 22.7 Å². The van der Waals surface area contributed by atoms with Crippen molar-refractivity contribution in [1.82, 2.24) is 4.98 Å². The van der Waals surface area contributed by atoms with E-state index in [1.807, 2.05) is 0 Å². The molecule has 0 saturated heterocycles. The van der Waals surface area contributed by atoms with Crippen LogP contribution in [0, 0.1) is 0 Å². The third kappa shape index (κ3) is 4.02. The molecule has 1 heterocycles. The van der Waals surface area contributed by atoms with Gasteiger partial charge < -0.3 is 15.0 Å². The fourth-order valence-corrected chi connectivity index (χ4v) is 2.40. The van der Waals surface area contributed by atoms with Crippen molar-refractivity contribution in [2.24, 2.45) is 0 Å². The molecule has 8 heteroatoms. The van der Waals surface area contributed by atoms with Crippen LogP contribution in [0.1, 0.15) is 10.4 Å². The number of anilines is 1. The van der Waals surface area contributed by atoms with Crippen molar-refractivity contribution >= 4 is 22.4 Å². The molecule has 0 atom stereocenters. The quantitative estimate of drug-likeness (QED) is 0.743. The number of aromatic amines is 1. The summed E-state index contributed by atoms with van der Waals surface area (Å²) in [7, 11) is 0. The van der Waals surface area contributed by atoms with Gasteiger partial charge in [0.05, 0.1) is 5.56 Å². The molecule has 0 aliphatic rings. The summed E-state index contributed by atoms with van der Waals surface area (Å²) in [5.74, 6) is -0.420.